The van der Waals surface area contributed by atoms with Crippen molar-refractivity contribution in [2.75, 3.05) is 13.2 Å². The summed E-state index contributed by atoms with van der Waals surface area (Å²) in [6, 6.07) is -1.05. The van der Waals surface area contributed by atoms with Gasteiger partial charge in [-0.05, 0) is 25.7 Å². The van der Waals surface area contributed by atoms with Gasteiger partial charge in [0.1, 0.15) is 24.4 Å². The molecule has 0 spiro atoms. The number of aliphatic carboxylic acids is 1. The summed E-state index contributed by atoms with van der Waals surface area (Å²) in [6.07, 6.45) is 28.4. The van der Waals surface area contributed by atoms with Crippen molar-refractivity contribution in [3.63, 3.8) is 0 Å². The Morgan fingerprint density at radius 3 is 1.35 bits per heavy atom. The lowest BCUT2D eigenvalue weighted by Gasteiger charge is -2.47. The van der Waals surface area contributed by atoms with Crippen molar-refractivity contribution in [3.8, 4) is 0 Å². The molecular formula is C44H84N2O8. The molecule has 1 aliphatic rings. The van der Waals surface area contributed by atoms with Gasteiger partial charge in [-0.25, -0.2) is 0 Å². The molecule has 0 aromatic heterocycles. The van der Waals surface area contributed by atoms with Crippen LogP contribution in [0.3, 0.4) is 0 Å². The lowest BCUT2D eigenvalue weighted by Crippen LogP contribution is -2.68. The van der Waals surface area contributed by atoms with Gasteiger partial charge in [-0.2, -0.15) is 0 Å². The molecule has 0 aliphatic carbocycles. The van der Waals surface area contributed by atoms with Crippen LogP contribution in [0, 0.1) is 0 Å². The van der Waals surface area contributed by atoms with E-state index >= 15 is 0 Å². The zero-order valence-corrected chi connectivity index (χ0v) is 34.8. The van der Waals surface area contributed by atoms with Crippen LogP contribution in [-0.4, -0.2) is 86.8 Å². The minimum Gasteiger partial charge on any atom is -0.481 e. The Bertz CT molecular complexity index is 921. The second-order valence-electron chi connectivity index (χ2n) is 16.1. The van der Waals surface area contributed by atoms with Gasteiger partial charge < -0.3 is 35.4 Å². The van der Waals surface area contributed by atoms with Crippen molar-refractivity contribution in [1.82, 2.24) is 10.2 Å². The van der Waals surface area contributed by atoms with Crippen LogP contribution < -0.4 is 5.32 Å². The number of hydrogen-bond acceptors (Lipinski definition) is 7. The van der Waals surface area contributed by atoms with E-state index in [9.17, 15) is 29.7 Å². The number of nitrogens with zero attached hydrogens (tertiary/aromatic N) is 1. The third-order valence-corrected chi connectivity index (χ3v) is 11.1. The van der Waals surface area contributed by atoms with E-state index in [1.54, 1.807) is 4.90 Å². The number of carboxylic acids is 1. The molecule has 0 saturated carbocycles. The third-order valence-electron chi connectivity index (χ3n) is 11.1. The maximum Gasteiger partial charge on any atom is 0.303 e. The Hall–Kier alpha value is -1.75. The number of rotatable bonds is 37. The van der Waals surface area contributed by atoms with Crippen LogP contribution in [0.5, 0.6) is 0 Å². The quantitative estimate of drug-likeness (QED) is 0.0392. The van der Waals surface area contributed by atoms with Gasteiger partial charge >= 0.3 is 5.97 Å². The Labute approximate surface area is 330 Å². The summed E-state index contributed by atoms with van der Waals surface area (Å²) in [5, 5.41) is 43.7. The monoisotopic (exact) mass is 769 g/mol. The molecule has 0 unspecified atom stereocenters. The van der Waals surface area contributed by atoms with Crippen molar-refractivity contribution in [3.05, 3.63) is 0 Å². The Morgan fingerprint density at radius 1 is 0.537 bits per heavy atom. The SMILES string of the molecule is CCCCCCCCCCCCCCCCCCN(C(=O)CCCCCCCCCCC)[C@@H]1O[C@H](CO)[C@@H](O)[C@H](O)[C@@H]1NC(=O)CCCCCCC(=O)O. The second kappa shape index (κ2) is 34.5. The maximum atomic E-state index is 13.9. The summed E-state index contributed by atoms with van der Waals surface area (Å²) in [4.78, 5) is 39.3. The van der Waals surface area contributed by atoms with Gasteiger partial charge in [0.25, 0.3) is 0 Å². The predicted octanol–water partition coefficient (Wildman–Crippen LogP) is 9.35. The van der Waals surface area contributed by atoms with Crippen LogP contribution in [0.1, 0.15) is 219 Å². The highest BCUT2D eigenvalue weighted by Crippen LogP contribution is 2.26. The molecule has 2 amide bonds. The molecule has 5 N–H and O–H groups in total. The summed E-state index contributed by atoms with van der Waals surface area (Å²) < 4.78 is 6.14. The number of hydrogen-bond donors (Lipinski definition) is 5. The predicted molar refractivity (Wildman–Crippen MR) is 218 cm³/mol. The first-order valence-electron chi connectivity index (χ1n) is 22.7. The molecule has 0 radical (unpaired) electrons. The standard InChI is InChI=1S/C44H84N2O8/c1-3-5-7-9-11-13-14-15-16-17-18-19-21-23-27-31-35-46(39(49)33-29-24-22-20-12-10-8-6-4-2)44-41(43(53)42(52)37(36-47)54-44)45-38(48)32-28-25-26-30-34-40(50)51/h37,41-44,47,52-53H,3-36H2,1-2H3,(H,45,48)(H,50,51)/t37-,41+,42-,43-,44-/m1/s1. The molecule has 0 aromatic rings. The molecule has 5 atom stereocenters. The molecule has 1 rings (SSSR count). The van der Waals surface area contributed by atoms with Crippen molar-refractivity contribution < 1.29 is 39.5 Å². The van der Waals surface area contributed by atoms with Crippen LogP contribution >= 0.6 is 0 Å². The average molecular weight is 769 g/mol. The van der Waals surface area contributed by atoms with Gasteiger partial charge in [-0.3, -0.25) is 14.4 Å². The number of ether oxygens (including phenoxy) is 1. The normalized spacial score (nSPS) is 19.9. The summed E-state index contributed by atoms with van der Waals surface area (Å²) in [7, 11) is 0. The van der Waals surface area contributed by atoms with E-state index < -0.39 is 43.2 Å². The highest BCUT2D eigenvalue weighted by molar-refractivity contribution is 5.78. The average Bonchev–Trinajstić information content (AvgIpc) is 3.15. The van der Waals surface area contributed by atoms with Crippen molar-refractivity contribution in [2.24, 2.45) is 0 Å². The molecule has 10 heteroatoms. The minimum absolute atomic E-state index is 0.0955. The molecule has 318 valence electrons. The minimum atomic E-state index is -1.42. The van der Waals surface area contributed by atoms with E-state index in [2.05, 4.69) is 19.2 Å². The highest BCUT2D eigenvalue weighted by Gasteiger charge is 2.48. The van der Waals surface area contributed by atoms with E-state index in [0.29, 0.717) is 38.6 Å². The topological polar surface area (TPSA) is 157 Å². The summed E-state index contributed by atoms with van der Waals surface area (Å²) in [6.45, 7) is 4.37. The molecular weight excluding hydrogens is 684 g/mol. The van der Waals surface area contributed by atoms with Gasteiger partial charge in [0.2, 0.25) is 11.8 Å². The zero-order valence-electron chi connectivity index (χ0n) is 34.8. The third kappa shape index (κ3) is 24.7. The summed E-state index contributed by atoms with van der Waals surface area (Å²) >= 11 is 0. The zero-order chi connectivity index (χ0) is 39.7. The fourth-order valence-electron chi connectivity index (χ4n) is 7.65. The number of aliphatic hydroxyl groups is 3. The smallest absolute Gasteiger partial charge is 0.303 e. The first kappa shape index (κ1) is 50.3. The lowest BCUT2D eigenvalue weighted by molar-refractivity contribution is -0.231. The summed E-state index contributed by atoms with van der Waals surface area (Å²) in [5.41, 5.74) is 0. The number of amides is 2. The van der Waals surface area contributed by atoms with Crippen LogP contribution in [0.2, 0.25) is 0 Å². The molecule has 54 heavy (non-hydrogen) atoms. The Balaban J connectivity index is 2.70. The van der Waals surface area contributed by atoms with Crippen molar-refractivity contribution >= 4 is 17.8 Å². The molecule has 0 aromatic carbocycles. The van der Waals surface area contributed by atoms with Gasteiger partial charge in [0.05, 0.1) is 6.61 Å². The molecule has 1 fully saturated rings. The van der Waals surface area contributed by atoms with Gasteiger partial charge in [-0.15, -0.1) is 0 Å². The number of carbonyl (C=O) groups excluding carboxylic acids is 2. The molecule has 1 saturated heterocycles. The first-order chi connectivity index (χ1) is 26.3. The number of unbranched alkanes of at least 4 members (excludes halogenated alkanes) is 26. The fourth-order valence-corrected chi connectivity index (χ4v) is 7.65. The summed E-state index contributed by atoms with van der Waals surface area (Å²) in [5.74, 6) is -1.25. The van der Waals surface area contributed by atoms with E-state index in [0.717, 1.165) is 44.9 Å². The Kier molecular flexibility index (Phi) is 32.1. The lowest BCUT2D eigenvalue weighted by atomic mass is 9.94. The first-order valence-corrected chi connectivity index (χ1v) is 22.7. The second-order valence-corrected chi connectivity index (χ2v) is 16.1. The van der Waals surface area contributed by atoms with Gasteiger partial charge in [0.15, 0.2) is 6.23 Å². The molecule has 1 heterocycles. The van der Waals surface area contributed by atoms with E-state index in [1.807, 2.05) is 0 Å². The molecule has 0 bridgehead atoms. The fraction of sp³-hybridized carbons (Fsp3) is 0.932. The van der Waals surface area contributed by atoms with E-state index in [4.69, 9.17) is 9.84 Å². The number of carboxylic acid groups (broad SMARTS) is 1. The van der Waals surface area contributed by atoms with Crippen LogP contribution in [0.25, 0.3) is 0 Å². The van der Waals surface area contributed by atoms with Gasteiger partial charge in [0, 0.05) is 25.8 Å². The van der Waals surface area contributed by atoms with Gasteiger partial charge in [-0.1, -0.05) is 174 Å². The largest absolute Gasteiger partial charge is 0.481 e. The highest BCUT2D eigenvalue weighted by atomic mass is 16.5. The van der Waals surface area contributed by atoms with Crippen LogP contribution in [-0.2, 0) is 19.1 Å². The Morgan fingerprint density at radius 2 is 0.926 bits per heavy atom. The number of carbonyl (C=O) groups is 3. The molecule has 1 aliphatic heterocycles. The number of nitrogens with one attached hydrogen (secondary N) is 1. The maximum absolute atomic E-state index is 13.9. The van der Waals surface area contributed by atoms with Crippen molar-refractivity contribution in [1.29, 1.82) is 0 Å². The van der Waals surface area contributed by atoms with E-state index in [-0.39, 0.29) is 24.7 Å². The van der Waals surface area contributed by atoms with Crippen LogP contribution in [0.4, 0.5) is 0 Å². The van der Waals surface area contributed by atoms with Crippen molar-refractivity contribution in [2.45, 2.75) is 250 Å². The molecule has 10 nitrogen and oxygen atoms in total. The number of aliphatic hydroxyl groups excluding tert-OH is 3. The van der Waals surface area contributed by atoms with Crippen LogP contribution in [0.15, 0.2) is 0 Å². The van der Waals surface area contributed by atoms with E-state index in [1.165, 1.54) is 116 Å².